The van der Waals surface area contributed by atoms with E-state index in [2.05, 4.69) is 5.32 Å². The molecule has 0 unspecified atom stereocenters. The van der Waals surface area contributed by atoms with Crippen LogP contribution < -0.4 is 23.8 Å². The van der Waals surface area contributed by atoms with Crippen molar-refractivity contribution in [2.45, 2.75) is 57.6 Å². The summed E-state index contributed by atoms with van der Waals surface area (Å²) in [6.07, 6.45) is 0.709. The fraction of sp³-hybridized carbons (Fsp3) is 0.375. The fourth-order valence-electron chi connectivity index (χ4n) is 4.36. The molecule has 0 bridgehead atoms. The molecular weight excluding hydrogens is 570 g/mol. The molecule has 0 aliphatic rings. The minimum atomic E-state index is -4.28. The average molecular weight is 612 g/mol. The smallest absolute Gasteiger partial charge is 0.264 e. The van der Waals surface area contributed by atoms with Crippen LogP contribution in [0.25, 0.3) is 0 Å². The second-order valence-electron chi connectivity index (χ2n) is 10.2. The van der Waals surface area contributed by atoms with Crippen LogP contribution in [0.3, 0.4) is 0 Å². The van der Waals surface area contributed by atoms with Gasteiger partial charge in [-0.1, -0.05) is 36.8 Å². The van der Waals surface area contributed by atoms with Gasteiger partial charge in [0.25, 0.3) is 10.0 Å². The molecule has 0 aromatic heterocycles. The number of anilines is 1. The Labute approximate surface area is 254 Å². The Kier molecular flexibility index (Phi) is 11.4. The first-order valence-electron chi connectivity index (χ1n) is 14.0. The van der Waals surface area contributed by atoms with Crippen LogP contribution >= 0.6 is 0 Å². The van der Waals surface area contributed by atoms with Crippen LogP contribution in [-0.2, 0) is 26.2 Å². The number of nitrogens with one attached hydrogen (secondary N) is 1. The molecule has 0 heterocycles. The highest BCUT2D eigenvalue weighted by molar-refractivity contribution is 7.92. The molecule has 0 saturated carbocycles. The van der Waals surface area contributed by atoms with Gasteiger partial charge in [0.05, 0.1) is 31.9 Å². The number of hydrogen-bond donors (Lipinski definition) is 1. The summed E-state index contributed by atoms with van der Waals surface area (Å²) in [4.78, 5) is 28.8. The summed E-state index contributed by atoms with van der Waals surface area (Å²) in [5, 5.41) is 2.93. The maximum Gasteiger partial charge on any atom is 0.264 e. The largest absolute Gasteiger partial charge is 0.497 e. The Balaban J connectivity index is 2.12. The van der Waals surface area contributed by atoms with E-state index in [0.29, 0.717) is 23.5 Å². The van der Waals surface area contributed by atoms with Crippen LogP contribution in [0, 0.1) is 6.92 Å². The van der Waals surface area contributed by atoms with E-state index in [1.807, 2.05) is 26.8 Å². The summed E-state index contributed by atoms with van der Waals surface area (Å²) in [5.41, 5.74) is 1.71. The lowest BCUT2D eigenvalue weighted by Gasteiger charge is -2.33. The predicted molar refractivity (Wildman–Crippen MR) is 166 cm³/mol. The first-order valence-corrected chi connectivity index (χ1v) is 15.4. The molecule has 0 radical (unpaired) electrons. The minimum Gasteiger partial charge on any atom is -0.497 e. The number of methoxy groups -OCH3 is 3. The molecule has 0 spiro atoms. The molecule has 0 fully saturated rings. The zero-order chi connectivity index (χ0) is 31.7. The average Bonchev–Trinajstić information content (AvgIpc) is 3.01. The number of benzene rings is 3. The van der Waals surface area contributed by atoms with Gasteiger partial charge in [0, 0.05) is 18.7 Å². The molecule has 10 nitrogen and oxygen atoms in total. The molecule has 2 amide bonds. The van der Waals surface area contributed by atoms with Crippen molar-refractivity contribution in [3.63, 3.8) is 0 Å². The van der Waals surface area contributed by atoms with Crippen LogP contribution in [0.5, 0.6) is 17.2 Å². The van der Waals surface area contributed by atoms with Gasteiger partial charge in [-0.25, -0.2) is 8.42 Å². The first-order chi connectivity index (χ1) is 20.4. The van der Waals surface area contributed by atoms with E-state index in [9.17, 15) is 18.0 Å². The van der Waals surface area contributed by atoms with Gasteiger partial charge < -0.3 is 24.4 Å². The third-order valence-electron chi connectivity index (χ3n) is 7.20. The lowest BCUT2D eigenvalue weighted by Crippen LogP contribution is -2.52. The van der Waals surface area contributed by atoms with Crippen molar-refractivity contribution in [2.24, 2.45) is 0 Å². The normalized spacial score (nSPS) is 12.5. The first kappa shape index (κ1) is 33.3. The predicted octanol–water partition coefficient (Wildman–Crippen LogP) is 4.55. The zero-order valence-electron chi connectivity index (χ0n) is 25.8. The molecule has 3 rings (SSSR count). The van der Waals surface area contributed by atoms with E-state index in [1.165, 1.54) is 37.3 Å². The van der Waals surface area contributed by atoms with Gasteiger partial charge in [-0.3, -0.25) is 13.9 Å². The number of carbonyl (C=O) groups excluding carboxylic acids is 2. The molecule has 1 N–H and O–H groups in total. The number of carbonyl (C=O) groups is 2. The van der Waals surface area contributed by atoms with Crippen LogP contribution in [0.1, 0.15) is 38.3 Å². The number of hydrogen-bond acceptors (Lipinski definition) is 7. The zero-order valence-corrected chi connectivity index (χ0v) is 26.6. The van der Waals surface area contributed by atoms with Crippen LogP contribution in [0.4, 0.5) is 5.69 Å². The molecule has 232 valence electrons. The van der Waals surface area contributed by atoms with E-state index >= 15 is 0 Å². The number of sulfonamides is 1. The van der Waals surface area contributed by atoms with Gasteiger partial charge in [0.1, 0.15) is 29.8 Å². The summed E-state index contributed by atoms with van der Waals surface area (Å²) in [6.45, 7) is 6.74. The molecule has 0 aliphatic carbocycles. The van der Waals surface area contributed by atoms with Gasteiger partial charge in [-0.15, -0.1) is 0 Å². The van der Waals surface area contributed by atoms with E-state index in [4.69, 9.17) is 14.2 Å². The second kappa shape index (κ2) is 14.8. The van der Waals surface area contributed by atoms with Crippen LogP contribution in [0.15, 0.2) is 71.6 Å². The highest BCUT2D eigenvalue weighted by Crippen LogP contribution is 2.36. The molecule has 43 heavy (non-hydrogen) atoms. The van der Waals surface area contributed by atoms with Gasteiger partial charge in [0.2, 0.25) is 11.8 Å². The molecule has 2 atom stereocenters. The maximum atomic E-state index is 14.2. The molecule has 0 saturated heterocycles. The quantitative estimate of drug-likeness (QED) is 0.285. The third-order valence-corrected chi connectivity index (χ3v) is 8.97. The number of aryl methyl sites for hydroxylation is 1. The van der Waals surface area contributed by atoms with E-state index in [0.717, 1.165) is 9.87 Å². The molecular formula is C32H41N3O7S. The fourth-order valence-corrected chi connectivity index (χ4v) is 5.77. The maximum absolute atomic E-state index is 14.2. The van der Waals surface area contributed by atoms with Crippen molar-refractivity contribution in [3.8, 4) is 17.2 Å². The SMILES string of the molecule is CC[C@H](C)NC(=O)[C@@H](C)N(Cc1cccc(OC)c1)C(=O)CN(c1cc(OC)ccc1OC)S(=O)(=O)c1ccc(C)cc1. The van der Waals surface area contributed by atoms with Crippen molar-refractivity contribution in [1.29, 1.82) is 0 Å². The lowest BCUT2D eigenvalue weighted by molar-refractivity contribution is -0.139. The van der Waals surface area contributed by atoms with Gasteiger partial charge in [0.15, 0.2) is 0 Å². The molecule has 3 aromatic carbocycles. The Morgan fingerprint density at radius 1 is 0.884 bits per heavy atom. The van der Waals surface area contributed by atoms with Crippen LogP contribution in [0.2, 0.25) is 0 Å². The molecule has 3 aromatic rings. The van der Waals surface area contributed by atoms with Gasteiger partial charge in [-0.05, 0) is 69.2 Å². The Hall–Kier alpha value is -4.25. The summed E-state index contributed by atoms with van der Waals surface area (Å²) in [6, 6.07) is 17.2. The molecule has 11 heteroatoms. The Morgan fingerprint density at radius 2 is 1.53 bits per heavy atom. The summed E-state index contributed by atoms with van der Waals surface area (Å²) in [5.74, 6) is 0.257. The third kappa shape index (κ3) is 8.19. The van der Waals surface area contributed by atoms with Crippen molar-refractivity contribution in [3.05, 3.63) is 77.9 Å². The van der Waals surface area contributed by atoms with E-state index in [-0.39, 0.29) is 34.8 Å². The summed E-state index contributed by atoms with van der Waals surface area (Å²) < 4.78 is 45.6. The van der Waals surface area contributed by atoms with Gasteiger partial charge >= 0.3 is 0 Å². The van der Waals surface area contributed by atoms with Crippen molar-refractivity contribution in [1.82, 2.24) is 10.2 Å². The highest BCUT2D eigenvalue weighted by atomic mass is 32.2. The summed E-state index contributed by atoms with van der Waals surface area (Å²) >= 11 is 0. The minimum absolute atomic E-state index is 0.00215. The number of ether oxygens (including phenoxy) is 3. The van der Waals surface area contributed by atoms with Crippen molar-refractivity contribution in [2.75, 3.05) is 32.2 Å². The number of amides is 2. The number of rotatable bonds is 14. The van der Waals surface area contributed by atoms with Crippen molar-refractivity contribution < 1.29 is 32.2 Å². The van der Waals surface area contributed by atoms with Gasteiger partial charge in [-0.2, -0.15) is 0 Å². The number of nitrogens with zero attached hydrogens (tertiary/aromatic N) is 2. The molecule has 0 aliphatic heterocycles. The van der Waals surface area contributed by atoms with Crippen LogP contribution in [-0.4, -0.2) is 65.1 Å². The Bertz CT molecular complexity index is 1510. The van der Waals surface area contributed by atoms with E-state index < -0.39 is 28.5 Å². The van der Waals surface area contributed by atoms with Crippen molar-refractivity contribution >= 4 is 27.5 Å². The highest BCUT2D eigenvalue weighted by Gasteiger charge is 2.34. The summed E-state index contributed by atoms with van der Waals surface area (Å²) in [7, 11) is 0.140. The standard InChI is InChI=1S/C32H41N3O7S/c1-8-23(3)33-32(37)24(4)34(20-25-10-9-11-26(18-25)40-5)31(36)21-35(29-19-27(41-6)14-17-30(29)42-7)43(38,39)28-15-12-22(2)13-16-28/h9-19,23-24H,8,20-21H2,1-7H3,(H,33,37)/t23-,24+/m0/s1. The monoisotopic (exact) mass is 611 g/mol. The second-order valence-corrected chi connectivity index (χ2v) is 12.1. The van der Waals surface area contributed by atoms with E-state index in [1.54, 1.807) is 56.5 Å². The Morgan fingerprint density at radius 3 is 2.14 bits per heavy atom. The topological polar surface area (TPSA) is 114 Å². The lowest BCUT2D eigenvalue weighted by atomic mass is 10.1.